The van der Waals surface area contributed by atoms with Gasteiger partial charge in [-0.15, -0.1) is 0 Å². The maximum Gasteiger partial charge on any atom is 0.220 e. The van der Waals surface area contributed by atoms with E-state index in [4.69, 9.17) is 0 Å². The molecule has 0 N–H and O–H groups in total. The molecule has 0 aliphatic carbocycles. The highest BCUT2D eigenvalue weighted by atomic mass is 14.9. The van der Waals surface area contributed by atoms with Crippen LogP contribution < -0.4 is 4.57 Å². The first-order valence-electron chi connectivity index (χ1n) is 9.06. The highest BCUT2D eigenvalue weighted by Crippen LogP contribution is 2.32. The van der Waals surface area contributed by atoms with Crippen molar-refractivity contribution in [2.45, 2.75) is 46.5 Å². The monoisotopic (exact) mass is 318 g/mol. The Kier molecular flexibility index (Phi) is 4.71. The van der Waals surface area contributed by atoms with Crippen LogP contribution in [0.15, 0.2) is 48.5 Å². The van der Waals surface area contributed by atoms with Crippen molar-refractivity contribution < 1.29 is 4.57 Å². The number of benzene rings is 2. The summed E-state index contributed by atoms with van der Waals surface area (Å²) in [6.45, 7) is 8.97. The number of fused-ring (bicyclic) bond motifs is 1. The van der Waals surface area contributed by atoms with Gasteiger partial charge < -0.3 is 0 Å². The first-order valence-corrected chi connectivity index (χ1v) is 9.06. The second-order valence-electron chi connectivity index (χ2n) is 6.87. The van der Waals surface area contributed by atoms with E-state index in [2.05, 4.69) is 87.8 Å². The van der Waals surface area contributed by atoms with Gasteiger partial charge in [0.15, 0.2) is 5.69 Å². The van der Waals surface area contributed by atoms with Crippen molar-refractivity contribution in [3.63, 3.8) is 0 Å². The van der Waals surface area contributed by atoms with Crippen LogP contribution in [0.2, 0.25) is 0 Å². The molecule has 0 unspecified atom stereocenters. The average molecular weight is 318 g/mol. The second-order valence-corrected chi connectivity index (χ2v) is 6.87. The van der Waals surface area contributed by atoms with Crippen molar-refractivity contribution in [3.05, 3.63) is 65.4 Å². The third-order valence-electron chi connectivity index (χ3n) is 5.42. The largest absolute Gasteiger partial charge is 0.220 e. The van der Waals surface area contributed by atoms with Crippen LogP contribution in [0.3, 0.4) is 0 Å². The Balaban J connectivity index is 2.30. The lowest BCUT2D eigenvalue weighted by Crippen LogP contribution is -2.35. The molecule has 2 aromatic carbocycles. The summed E-state index contributed by atoms with van der Waals surface area (Å²) < 4.78 is 2.32. The van der Waals surface area contributed by atoms with Crippen molar-refractivity contribution in [1.29, 1.82) is 0 Å². The zero-order chi connectivity index (χ0) is 17.3. The fourth-order valence-corrected chi connectivity index (χ4v) is 3.77. The number of pyridine rings is 1. The topological polar surface area (TPSA) is 3.88 Å². The van der Waals surface area contributed by atoms with Crippen LogP contribution in [-0.4, -0.2) is 0 Å². The van der Waals surface area contributed by atoms with Gasteiger partial charge in [0.05, 0.1) is 5.39 Å². The molecule has 0 amide bonds. The Hall–Kier alpha value is -2.15. The van der Waals surface area contributed by atoms with Gasteiger partial charge in [-0.2, -0.15) is 4.57 Å². The molecule has 1 nitrogen and oxygen atoms in total. The lowest BCUT2D eigenvalue weighted by Gasteiger charge is -2.15. The van der Waals surface area contributed by atoms with Crippen LogP contribution >= 0.6 is 0 Å². The highest BCUT2D eigenvalue weighted by molar-refractivity contribution is 5.94. The molecule has 1 heterocycles. The average Bonchev–Trinajstić information content (AvgIpc) is 2.58. The Bertz CT molecular complexity index is 873. The Morgan fingerprint density at radius 2 is 1.62 bits per heavy atom. The summed E-state index contributed by atoms with van der Waals surface area (Å²) in [7, 11) is 2.17. The van der Waals surface area contributed by atoms with E-state index in [1.807, 2.05) is 0 Å². The van der Waals surface area contributed by atoms with E-state index in [-0.39, 0.29) is 0 Å². The molecule has 0 fully saturated rings. The van der Waals surface area contributed by atoms with Crippen LogP contribution in [0.25, 0.3) is 22.0 Å². The minimum Gasteiger partial charge on any atom is -0.198 e. The summed E-state index contributed by atoms with van der Waals surface area (Å²) in [6, 6.07) is 18.1. The van der Waals surface area contributed by atoms with Gasteiger partial charge in [0.25, 0.3) is 0 Å². The fraction of sp³-hybridized carbons (Fsp3) is 0.348. The standard InChI is InChI=1S/C23H28N/c1-6-18(7-2)19-12-13-22-20(15-19)14-17(4)24(5)23(22)21-11-9-8-10-16(21)3/h8-15,18H,6-7H2,1-5H3/q+1. The lowest BCUT2D eigenvalue weighted by molar-refractivity contribution is -0.665. The van der Waals surface area contributed by atoms with Crippen LogP contribution in [-0.2, 0) is 7.05 Å². The van der Waals surface area contributed by atoms with E-state index in [1.54, 1.807) is 0 Å². The van der Waals surface area contributed by atoms with Gasteiger partial charge in [-0.25, -0.2) is 0 Å². The summed E-state index contributed by atoms with van der Waals surface area (Å²) in [5.74, 6) is 0.658. The second kappa shape index (κ2) is 6.76. The molecule has 0 atom stereocenters. The van der Waals surface area contributed by atoms with E-state index in [9.17, 15) is 0 Å². The predicted molar refractivity (Wildman–Crippen MR) is 103 cm³/mol. The van der Waals surface area contributed by atoms with Gasteiger partial charge in [0, 0.05) is 18.6 Å². The first-order chi connectivity index (χ1) is 11.6. The Morgan fingerprint density at radius 1 is 0.917 bits per heavy atom. The van der Waals surface area contributed by atoms with Gasteiger partial charge in [0.1, 0.15) is 7.05 Å². The highest BCUT2D eigenvalue weighted by Gasteiger charge is 2.20. The minimum absolute atomic E-state index is 0.658. The summed E-state index contributed by atoms with van der Waals surface area (Å²) in [6.07, 6.45) is 2.40. The van der Waals surface area contributed by atoms with E-state index >= 15 is 0 Å². The van der Waals surface area contributed by atoms with Crippen LogP contribution in [0.1, 0.15) is 49.4 Å². The van der Waals surface area contributed by atoms with E-state index < -0.39 is 0 Å². The van der Waals surface area contributed by atoms with Crippen molar-refractivity contribution in [1.82, 2.24) is 0 Å². The Morgan fingerprint density at radius 3 is 2.29 bits per heavy atom. The van der Waals surface area contributed by atoms with Crippen LogP contribution in [0.4, 0.5) is 0 Å². The van der Waals surface area contributed by atoms with Crippen molar-refractivity contribution in [2.24, 2.45) is 7.05 Å². The SMILES string of the molecule is CCC(CC)c1ccc2c(-c3ccccc3C)[n+](C)c(C)cc2c1. The number of rotatable bonds is 4. The number of nitrogens with zero attached hydrogens (tertiary/aromatic N) is 1. The summed E-state index contributed by atoms with van der Waals surface area (Å²) in [5, 5.41) is 2.69. The molecular formula is C23H28N+. The molecule has 1 aromatic heterocycles. The molecule has 3 rings (SSSR count). The molecule has 0 saturated carbocycles. The maximum absolute atomic E-state index is 2.40. The number of hydrogen-bond acceptors (Lipinski definition) is 0. The van der Waals surface area contributed by atoms with Crippen LogP contribution in [0.5, 0.6) is 0 Å². The summed E-state index contributed by atoms with van der Waals surface area (Å²) in [5.41, 5.74) is 6.73. The quantitative estimate of drug-likeness (QED) is 0.531. The van der Waals surface area contributed by atoms with E-state index in [0.29, 0.717) is 5.92 Å². The summed E-state index contributed by atoms with van der Waals surface area (Å²) in [4.78, 5) is 0. The molecular weight excluding hydrogens is 290 g/mol. The molecule has 0 radical (unpaired) electrons. The molecule has 0 spiro atoms. The molecule has 1 heteroatoms. The molecule has 24 heavy (non-hydrogen) atoms. The van der Waals surface area contributed by atoms with Gasteiger partial charge in [-0.05, 0) is 54.3 Å². The molecule has 0 aliphatic heterocycles. The third kappa shape index (κ3) is 2.84. The number of aromatic nitrogens is 1. The first kappa shape index (κ1) is 16.7. The van der Waals surface area contributed by atoms with E-state index in [1.165, 1.54) is 51.7 Å². The van der Waals surface area contributed by atoms with Gasteiger partial charge >= 0.3 is 0 Å². The zero-order valence-electron chi connectivity index (χ0n) is 15.6. The van der Waals surface area contributed by atoms with Crippen molar-refractivity contribution in [2.75, 3.05) is 0 Å². The molecule has 0 bridgehead atoms. The maximum atomic E-state index is 2.40. The van der Waals surface area contributed by atoms with E-state index in [0.717, 1.165) is 0 Å². The Labute approximate surface area is 146 Å². The van der Waals surface area contributed by atoms with Crippen molar-refractivity contribution >= 4 is 10.8 Å². The van der Waals surface area contributed by atoms with Crippen LogP contribution in [0, 0.1) is 13.8 Å². The fourth-order valence-electron chi connectivity index (χ4n) is 3.77. The number of aryl methyl sites for hydroxylation is 2. The smallest absolute Gasteiger partial charge is 0.198 e. The minimum atomic E-state index is 0.658. The zero-order valence-corrected chi connectivity index (χ0v) is 15.6. The number of hydrogen-bond donors (Lipinski definition) is 0. The molecule has 0 saturated heterocycles. The molecule has 3 aromatic rings. The lowest BCUT2D eigenvalue weighted by atomic mass is 9.91. The predicted octanol–water partition coefficient (Wildman–Crippen LogP) is 5.85. The van der Waals surface area contributed by atoms with Crippen molar-refractivity contribution in [3.8, 4) is 11.3 Å². The van der Waals surface area contributed by atoms with Gasteiger partial charge in [-0.3, -0.25) is 0 Å². The van der Waals surface area contributed by atoms with Gasteiger partial charge in [-0.1, -0.05) is 44.2 Å². The normalized spacial score (nSPS) is 11.4. The summed E-state index contributed by atoms with van der Waals surface area (Å²) >= 11 is 0. The van der Waals surface area contributed by atoms with Gasteiger partial charge in [0.2, 0.25) is 5.69 Å². The third-order valence-corrected chi connectivity index (χ3v) is 5.42. The molecule has 124 valence electrons. The molecule has 0 aliphatic rings.